The monoisotopic (exact) mass is 204 g/mol. The fraction of sp³-hybridized carbons (Fsp3) is 0.333. The second-order valence-corrected chi connectivity index (χ2v) is 3.57. The van der Waals surface area contributed by atoms with Crippen LogP contribution >= 0.6 is 0 Å². The van der Waals surface area contributed by atoms with Gasteiger partial charge in [-0.15, -0.1) is 0 Å². The Bertz CT molecular complexity index is 474. The van der Waals surface area contributed by atoms with E-state index in [-0.39, 0.29) is 0 Å². The molecule has 0 unspecified atom stereocenters. The fourth-order valence-corrected chi connectivity index (χ4v) is 1.88. The SMILES string of the molecule is CCOc1ccc2[nH]c(C)c(CN)c2c1. The number of ether oxygens (including phenoxy) is 1. The third kappa shape index (κ3) is 1.70. The van der Waals surface area contributed by atoms with Crippen molar-refractivity contribution in [2.24, 2.45) is 5.73 Å². The molecule has 0 radical (unpaired) electrons. The molecule has 0 spiro atoms. The molecule has 3 heteroatoms. The molecule has 0 aliphatic carbocycles. The molecule has 1 aromatic heterocycles. The summed E-state index contributed by atoms with van der Waals surface area (Å²) >= 11 is 0. The largest absolute Gasteiger partial charge is 0.494 e. The third-order valence-corrected chi connectivity index (χ3v) is 2.61. The van der Waals surface area contributed by atoms with E-state index in [0.29, 0.717) is 13.2 Å². The molecule has 3 N–H and O–H groups in total. The van der Waals surface area contributed by atoms with Crippen LogP contribution < -0.4 is 10.5 Å². The molecule has 3 nitrogen and oxygen atoms in total. The Balaban J connectivity index is 2.57. The average molecular weight is 204 g/mol. The minimum Gasteiger partial charge on any atom is -0.494 e. The molecule has 2 rings (SSSR count). The number of nitrogens with two attached hydrogens (primary N) is 1. The van der Waals surface area contributed by atoms with E-state index in [1.807, 2.05) is 32.0 Å². The summed E-state index contributed by atoms with van der Waals surface area (Å²) < 4.78 is 5.47. The molecule has 0 atom stereocenters. The summed E-state index contributed by atoms with van der Waals surface area (Å²) in [5.41, 5.74) is 9.16. The smallest absolute Gasteiger partial charge is 0.120 e. The minimum absolute atomic E-state index is 0.557. The number of fused-ring (bicyclic) bond motifs is 1. The van der Waals surface area contributed by atoms with Gasteiger partial charge in [0.1, 0.15) is 5.75 Å². The van der Waals surface area contributed by atoms with Crippen molar-refractivity contribution < 1.29 is 4.74 Å². The summed E-state index contributed by atoms with van der Waals surface area (Å²) in [4.78, 5) is 3.31. The zero-order chi connectivity index (χ0) is 10.8. The highest BCUT2D eigenvalue weighted by Crippen LogP contribution is 2.25. The normalized spacial score (nSPS) is 10.9. The van der Waals surface area contributed by atoms with Crippen LogP contribution in [-0.2, 0) is 6.54 Å². The molecule has 0 aliphatic rings. The summed E-state index contributed by atoms with van der Waals surface area (Å²) in [6.45, 7) is 5.27. The quantitative estimate of drug-likeness (QED) is 0.806. The zero-order valence-electron chi connectivity index (χ0n) is 9.13. The van der Waals surface area contributed by atoms with Gasteiger partial charge in [-0.2, -0.15) is 0 Å². The van der Waals surface area contributed by atoms with E-state index in [9.17, 15) is 0 Å². The van der Waals surface area contributed by atoms with Crippen LogP contribution in [0.4, 0.5) is 0 Å². The van der Waals surface area contributed by atoms with Crippen molar-refractivity contribution in [3.8, 4) is 5.75 Å². The number of hydrogen-bond acceptors (Lipinski definition) is 2. The van der Waals surface area contributed by atoms with E-state index in [0.717, 1.165) is 17.0 Å². The highest BCUT2D eigenvalue weighted by atomic mass is 16.5. The van der Waals surface area contributed by atoms with Crippen LogP contribution in [0.25, 0.3) is 10.9 Å². The Hall–Kier alpha value is -1.48. The Morgan fingerprint density at radius 3 is 2.87 bits per heavy atom. The topological polar surface area (TPSA) is 51.0 Å². The van der Waals surface area contributed by atoms with Crippen molar-refractivity contribution in [1.29, 1.82) is 0 Å². The minimum atomic E-state index is 0.557. The molecule has 2 aromatic rings. The molecular formula is C12H16N2O. The predicted molar refractivity (Wildman–Crippen MR) is 62.1 cm³/mol. The molecule has 1 heterocycles. The Labute approximate surface area is 89.2 Å². The zero-order valence-corrected chi connectivity index (χ0v) is 9.13. The average Bonchev–Trinajstić information content (AvgIpc) is 2.53. The van der Waals surface area contributed by atoms with Crippen molar-refractivity contribution in [2.45, 2.75) is 20.4 Å². The lowest BCUT2D eigenvalue weighted by atomic mass is 10.1. The summed E-state index contributed by atoms with van der Waals surface area (Å²) in [5, 5.41) is 1.17. The predicted octanol–water partition coefficient (Wildman–Crippen LogP) is 2.33. The first-order valence-corrected chi connectivity index (χ1v) is 5.20. The van der Waals surface area contributed by atoms with Crippen molar-refractivity contribution in [3.05, 3.63) is 29.5 Å². The van der Waals surface area contributed by atoms with Crippen molar-refractivity contribution >= 4 is 10.9 Å². The number of benzene rings is 1. The summed E-state index contributed by atoms with van der Waals surface area (Å²) in [7, 11) is 0. The second-order valence-electron chi connectivity index (χ2n) is 3.57. The van der Waals surface area contributed by atoms with Gasteiger partial charge >= 0.3 is 0 Å². The third-order valence-electron chi connectivity index (χ3n) is 2.61. The van der Waals surface area contributed by atoms with E-state index in [4.69, 9.17) is 10.5 Å². The van der Waals surface area contributed by atoms with E-state index in [1.165, 1.54) is 10.9 Å². The van der Waals surface area contributed by atoms with Crippen LogP contribution in [0.3, 0.4) is 0 Å². The standard InChI is InChI=1S/C12H16N2O/c1-3-15-9-4-5-12-10(6-9)11(7-13)8(2)14-12/h4-6,14H,3,7,13H2,1-2H3. The number of H-pyrrole nitrogens is 1. The van der Waals surface area contributed by atoms with E-state index in [2.05, 4.69) is 4.98 Å². The first-order chi connectivity index (χ1) is 7.26. The van der Waals surface area contributed by atoms with Crippen LogP contribution in [0.5, 0.6) is 5.75 Å². The molecule has 80 valence electrons. The van der Waals surface area contributed by atoms with Crippen LogP contribution in [-0.4, -0.2) is 11.6 Å². The molecule has 1 aromatic carbocycles. The van der Waals surface area contributed by atoms with Gasteiger partial charge in [0, 0.05) is 23.1 Å². The van der Waals surface area contributed by atoms with Crippen LogP contribution in [0.2, 0.25) is 0 Å². The fourth-order valence-electron chi connectivity index (χ4n) is 1.88. The van der Waals surface area contributed by atoms with Crippen molar-refractivity contribution in [1.82, 2.24) is 4.98 Å². The second kappa shape index (κ2) is 3.95. The highest BCUT2D eigenvalue weighted by molar-refractivity contribution is 5.85. The van der Waals surface area contributed by atoms with E-state index < -0.39 is 0 Å². The molecule has 0 saturated carbocycles. The van der Waals surface area contributed by atoms with Gasteiger partial charge in [0.2, 0.25) is 0 Å². The maximum atomic E-state index is 5.72. The Morgan fingerprint density at radius 1 is 1.40 bits per heavy atom. The Morgan fingerprint density at radius 2 is 2.20 bits per heavy atom. The number of nitrogens with one attached hydrogen (secondary N) is 1. The summed E-state index contributed by atoms with van der Waals surface area (Å²) in [6.07, 6.45) is 0. The summed E-state index contributed by atoms with van der Waals surface area (Å²) in [6, 6.07) is 6.05. The van der Waals surface area contributed by atoms with E-state index in [1.54, 1.807) is 0 Å². The first kappa shape index (κ1) is 10.1. The number of rotatable bonds is 3. The molecule has 0 amide bonds. The van der Waals surface area contributed by atoms with Crippen LogP contribution in [0.15, 0.2) is 18.2 Å². The lowest BCUT2D eigenvalue weighted by molar-refractivity contribution is 0.340. The lowest BCUT2D eigenvalue weighted by Crippen LogP contribution is -1.97. The molecule has 0 saturated heterocycles. The Kier molecular flexibility index (Phi) is 2.64. The van der Waals surface area contributed by atoms with Crippen LogP contribution in [0.1, 0.15) is 18.2 Å². The molecule has 15 heavy (non-hydrogen) atoms. The summed E-state index contributed by atoms with van der Waals surface area (Å²) in [5.74, 6) is 0.902. The molecule has 0 aliphatic heterocycles. The highest BCUT2D eigenvalue weighted by Gasteiger charge is 2.07. The maximum Gasteiger partial charge on any atom is 0.120 e. The number of hydrogen-bond donors (Lipinski definition) is 2. The van der Waals surface area contributed by atoms with Gasteiger partial charge < -0.3 is 15.5 Å². The van der Waals surface area contributed by atoms with Gasteiger partial charge in [0.15, 0.2) is 0 Å². The number of aryl methyl sites for hydroxylation is 1. The number of aromatic amines is 1. The van der Waals surface area contributed by atoms with Gasteiger partial charge in [0.05, 0.1) is 6.61 Å². The van der Waals surface area contributed by atoms with Gasteiger partial charge in [-0.25, -0.2) is 0 Å². The van der Waals surface area contributed by atoms with Crippen LogP contribution in [0, 0.1) is 6.92 Å². The van der Waals surface area contributed by atoms with E-state index >= 15 is 0 Å². The van der Waals surface area contributed by atoms with Crippen molar-refractivity contribution in [2.75, 3.05) is 6.61 Å². The van der Waals surface area contributed by atoms with Gasteiger partial charge in [-0.3, -0.25) is 0 Å². The first-order valence-electron chi connectivity index (χ1n) is 5.20. The van der Waals surface area contributed by atoms with Gasteiger partial charge in [0.25, 0.3) is 0 Å². The maximum absolute atomic E-state index is 5.72. The van der Waals surface area contributed by atoms with Gasteiger partial charge in [-0.05, 0) is 37.6 Å². The van der Waals surface area contributed by atoms with Crippen molar-refractivity contribution in [3.63, 3.8) is 0 Å². The molecule has 0 fully saturated rings. The lowest BCUT2D eigenvalue weighted by Gasteiger charge is -2.03. The van der Waals surface area contributed by atoms with Gasteiger partial charge in [-0.1, -0.05) is 0 Å². The number of aromatic nitrogens is 1. The molecular weight excluding hydrogens is 188 g/mol. The molecule has 0 bridgehead atoms.